The Morgan fingerprint density at radius 1 is 1.22 bits per heavy atom. The van der Waals surface area contributed by atoms with E-state index in [0.29, 0.717) is 5.56 Å². The zero-order valence-electron chi connectivity index (χ0n) is 13.3. The summed E-state index contributed by atoms with van der Waals surface area (Å²) in [5, 5.41) is 8.57. The number of benzene rings is 1. The Bertz CT molecular complexity index is 815. The quantitative estimate of drug-likeness (QED) is 0.725. The summed E-state index contributed by atoms with van der Waals surface area (Å²) < 4.78 is 51.3. The molecule has 0 heterocycles. The van der Waals surface area contributed by atoms with Crippen LogP contribution in [-0.2, 0) is 24.8 Å². The largest absolute Gasteiger partial charge is 0.481 e. The van der Waals surface area contributed by atoms with Crippen LogP contribution in [0.5, 0.6) is 0 Å². The second-order valence-corrected chi connectivity index (χ2v) is 8.88. The number of hydrogen-bond donors (Lipinski definition) is 2. The third-order valence-electron chi connectivity index (χ3n) is 3.32. The SMILES string of the molecule is Cc1ccc(S(=O)(=O)NCCC(=O)O)c(C)c1N(C)S(C)(=O)=O. The zero-order valence-corrected chi connectivity index (χ0v) is 15.0. The van der Waals surface area contributed by atoms with Gasteiger partial charge >= 0.3 is 5.97 Å². The summed E-state index contributed by atoms with van der Waals surface area (Å²) in [6.07, 6.45) is 0.679. The number of nitrogens with zero attached hydrogens (tertiary/aromatic N) is 1. The lowest BCUT2D eigenvalue weighted by Gasteiger charge is -2.23. The van der Waals surface area contributed by atoms with Crippen molar-refractivity contribution in [3.05, 3.63) is 23.3 Å². The van der Waals surface area contributed by atoms with E-state index in [9.17, 15) is 21.6 Å². The van der Waals surface area contributed by atoms with Gasteiger partial charge in [-0.2, -0.15) is 0 Å². The minimum atomic E-state index is -3.94. The molecule has 10 heteroatoms. The van der Waals surface area contributed by atoms with E-state index >= 15 is 0 Å². The van der Waals surface area contributed by atoms with Crippen molar-refractivity contribution < 1.29 is 26.7 Å². The second kappa shape index (κ2) is 6.85. The van der Waals surface area contributed by atoms with E-state index in [1.807, 2.05) is 0 Å². The van der Waals surface area contributed by atoms with Crippen molar-refractivity contribution in [2.24, 2.45) is 0 Å². The van der Waals surface area contributed by atoms with E-state index in [1.54, 1.807) is 6.92 Å². The standard InChI is InChI=1S/C13H20N2O6S2/c1-9-5-6-11(23(20,21)14-8-7-12(16)17)10(2)13(9)15(3)22(4,18)19/h5-6,14H,7-8H2,1-4H3,(H,16,17). The van der Waals surface area contributed by atoms with Gasteiger partial charge in [0, 0.05) is 13.6 Å². The van der Waals surface area contributed by atoms with Gasteiger partial charge in [-0.15, -0.1) is 0 Å². The predicted octanol–water partition coefficient (Wildman–Crippen LogP) is 0.452. The molecule has 0 aliphatic rings. The average molecular weight is 364 g/mol. The number of anilines is 1. The Balaban J connectivity index is 3.33. The van der Waals surface area contributed by atoms with Gasteiger partial charge in [0.15, 0.2) is 0 Å². The van der Waals surface area contributed by atoms with E-state index in [2.05, 4.69) is 4.72 Å². The number of carbonyl (C=O) groups is 1. The van der Waals surface area contributed by atoms with Gasteiger partial charge in [-0.25, -0.2) is 21.6 Å². The van der Waals surface area contributed by atoms with Crippen molar-refractivity contribution >= 4 is 31.7 Å². The van der Waals surface area contributed by atoms with Crippen molar-refractivity contribution in [3.63, 3.8) is 0 Å². The van der Waals surface area contributed by atoms with Crippen LogP contribution in [0.25, 0.3) is 0 Å². The van der Waals surface area contributed by atoms with Crippen molar-refractivity contribution in [2.45, 2.75) is 25.2 Å². The number of rotatable bonds is 7. The topological polar surface area (TPSA) is 121 Å². The number of carboxylic acid groups (broad SMARTS) is 1. The van der Waals surface area contributed by atoms with Crippen LogP contribution in [0.15, 0.2) is 17.0 Å². The van der Waals surface area contributed by atoms with Crippen molar-refractivity contribution in [1.82, 2.24) is 4.72 Å². The number of hydrogen-bond acceptors (Lipinski definition) is 5. The minimum absolute atomic E-state index is 0.0843. The molecule has 0 amide bonds. The zero-order chi connectivity index (χ0) is 18.0. The highest BCUT2D eigenvalue weighted by Gasteiger charge is 2.24. The molecule has 0 saturated heterocycles. The van der Waals surface area contributed by atoms with Gasteiger partial charge in [0.1, 0.15) is 0 Å². The molecule has 8 nitrogen and oxygen atoms in total. The normalized spacial score (nSPS) is 12.2. The van der Waals surface area contributed by atoms with E-state index in [0.717, 1.165) is 10.6 Å². The number of sulfonamides is 2. The monoisotopic (exact) mass is 364 g/mol. The first-order valence-corrected chi connectivity index (χ1v) is 9.96. The van der Waals surface area contributed by atoms with Crippen LogP contribution >= 0.6 is 0 Å². The summed E-state index contributed by atoms with van der Waals surface area (Å²) in [5.41, 5.74) is 1.18. The smallest absolute Gasteiger partial charge is 0.304 e. The lowest BCUT2D eigenvalue weighted by atomic mass is 10.1. The summed E-state index contributed by atoms with van der Waals surface area (Å²) in [7, 11) is -6.14. The lowest BCUT2D eigenvalue weighted by Crippen LogP contribution is -2.29. The molecule has 2 N–H and O–H groups in total. The second-order valence-electron chi connectivity index (χ2n) is 5.13. The van der Waals surface area contributed by atoms with Crippen molar-refractivity contribution in [1.29, 1.82) is 0 Å². The molecular weight excluding hydrogens is 344 g/mol. The van der Waals surface area contributed by atoms with Crippen LogP contribution in [0.2, 0.25) is 0 Å². The number of carboxylic acids is 1. The highest BCUT2D eigenvalue weighted by molar-refractivity contribution is 7.92. The summed E-state index contributed by atoms with van der Waals surface area (Å²) >= 11 is 0. The van der Waals surface area contributed by atoms with Crippen LogP contribution in [0.3, 0.4) is 0 Å². The highest BCUT2D eigenvalue weighted by Crippen LogP contribution is 2.30. The van der Waals surface area contributed by atoms with Crippen LogP contribution < -0.4 is 9.03 Å². The molecule has 1 rings (SSSR count). The first kappa shape index (κ1) is 19.4. The van der Waals surface area contributed by atoms with Crippen molar-refractivity contribution in [3.8, 4) is 0 Å². The van der Waals surface area contributed by atoms with E-state index in [1.165, 1.54) is 26.1 Å². The highest BCUT2D eigenvalue weighted by atomic mass is 32.2. The molecule has 0 saturated carbocycles. The number of aryl methyl sites for hydroxylation is 1. The molecule has 0 bridgehead atoms. The maximum absolute atomic E-state index is 12.3. The van der Waals surface area contributed by atoms with Gasteiger partial charge < -0.3 is 5.11 Å². The molecule has 130 valence electrons. The molecular formula is C13H20N2O6S2. The van der Waals surface area contributed by atoms with Crippen LogP contribution in [0.4, 0.5) is 5.69 Å². The van der Waals surface area contributed by atoms with Gasteiger partial charge in [0.2, 0.25) is 20.0 Å². The van der Waals surface area contributed by atoms with Crippen molar-refractivity contribution in [2.75, 3.05) is 24.2 Å². The van der Waals surface area contributed by atoms with Crippen LogP contribution in [0.1, 0.15) is 17.5 Å². The van der Waals surface area contributed by atoms with Gasteiger partial charge in [-0.05, 0) is 31.0 Å². The Kier molecular flexibility index (Phi) is 5.78. The number of nitrogens with one attached hydrogen (secondary N) is 1. The maximum atomic E-state index is 12.3. The van der Waals surface area contributed by atoms with Gasteiger partial charge in [0.05, 0.1) is 23.3 Å². The fraction of sp³-hybridized carbons (Fsp3) is 0.462. The summed E-state index contributed by atoms with van der Waals surface area (Å²) in [4.78, 5) is 10.4. The van der Waals surface area contributed by atoms with E-state index < -0.39 is 26.0 Å². The van der Waals surface area contributed by atoms with Gasteiger partial charge in [0.25, 0.3) is 0 Å². The van der Waals surface area contributed by atoms with Crippen LogP contribution in [0, 0.1) is 13.8 Å². The molecule has 0 aliphatic heterocycles. The maximum Gasteiger partial charge on any atom is 0.304 e. The van der Waals surface area contributed by atoms with Gasteiger partial charge in [-0.3, -0.25) is 9.10 Å². The molecule has 1 aromatic rings. The Labute approximate surface area is 136 Å². The molecule has 0 aromatic heterocycles. The fourth-order valence-electron chi connectivity index (χ4n) is 2.13. The predicted molar refractivity (Wildman–Crippen MR) is 86.6 cm³/mol. The first-order valence-electron chi connectivity index (χ1n) is 6.63. The third-order valence-corrected chi connectivity index (χ3v) is 6.10. The molecule has 1 aromatic carbocycles. The molecule has 0 spiro atoms. The van der Waals surface area contributed by atoms with Gasteiger partial charge in [-0.1, -0.05) is 6.07 Å². The molecule has 0 unspecified atom stereocenters. The lowest BCUT2D eigenvalue weighted by molar-refractivity contribution is -0.136. The molecule has 0 aliphatic carbocycles. The van der Waals surface area contributed by atoms with Crippen LogP contribution in [-0.4, -0.2) is 47.8 Å². The fourth-order valence-corrected chi connectivity index (χ4v) is 4.01. The Morgan fingerprint density at radius 3 is 2.26 bits per heavy atom. The summed E-state index contributed by atoms with van der Waals surface area (Å²) in [6, 6.07) is 2.88. The summed E-state index contributed by atoms with van der Waals surface area (Å²) in [6.45, 7) is 2.94. The first-order chi connectivity index (χ1) is 10.4. The average Bonchev–Trinajstić information content (AvgIpc) is 2.36. The Morgan fingerprint density at radius 2 is 1.78 bits per heavy atom. The molecule has 0 radical (unpaired) electrons. The third kappa shape index (κ3) is 4.66. The minimum Gasteiger partial charge on any atom is -0.481 e. The van der Waals surface area contributed by atoms with E-state index in [-0.39, 0.29) is 29.1 Å². The molecule has 0 atom stereocenters. The molecule has 0 fully saturated rings. The Hall–Kier alpha value is -1.65. The molecule has 23 heavy (non-hydrogen) atoms. The van der Waals surface area contributed by atoms with E-state index in [4.69, 9.17) is 5.11 Å². The summed E-state index contributed by atoms with van der Waals surface area (Å²) in [5.74, 6) is -1.12. The number of aliphatic carboxylic acids is 1.